The number of nitrogens with one attached hydrogen (secondary N) is 1. The molecule has 24 heavy (non-hydrogen) atoms. The minimum atomic E-state index is 0. The first-order valence-corrected chi connectivity index (χ1v) is 8.37. The van der Waals surface area contributed by atoms with Crippen molar-refractivity contribution < 1.29 is 4.79 Å². The molecule has 2 fully saturated rings. The molecule has 2 aliphatic rings. The molecule has 0 bridgehead atoms. The van der Waals surface area contributed by atoms with Gasteiger partial charge in [-0.05, 0) is 37.8 Å². The van der Waals surface area contributed by atoms with Crippen LogP contribution in [0.4, 0.5) is 5.82 Å². The molecule has 3 heterocycles. The minimum Gasteiger partial charge on any atom is -0.357 e. The molecule has 0 aliphatic carbocycles. The summed E-state index contributed by atoms with van der Waals surface area (Å²) >= 11 is 0. The number of hydrogen-bond donors (Lipinski definition) is 1. The number of anilines is 1. The molecule has 2 aliphatic heterocycles. The number of piperazine rings is 1. The van der Waals surface area contributed by atoms with Crippen molar-refractivity contribution in [2.45, 2.75) is 32.7 Å². The van der Waals surface area contributed by atoms with Crippen molar-refractivity contribution in [2.75, 3.05) is 37.6 Å². The van der Waals surface area contributed by atoms with Crippen LogP contribution in [0.25, 0.3) is 0 Å². The van der Waals surface area contributed by atoms with Crippen LogP contribution in [-0.4, -0.2) is 54.6 Å². The number of aromatic nitrogens is 1. The zero-order chi connectivity index (χ0) is 15.5. The van der Waals surface area contributed by atoms with Crippen molar-refractivity contribution in [3.8, 4) is 0 Å². The predicted molar refractivity (Wildman–Crippen MR) is 103 cm³/mol. The Morgan fingerprint density at radius 3 is 2.46 bits per heavy atom. The van der Waals surface area contributed by atoms with Gasteiger partial charge in [-0.1, -0.05) is 6.92 Å². The van der Waals surface area contributed by atoms with E-state index < -0.39 is 0 Å². The average Bonchev–Trinajstić information content (AvgIpc) is 2.55. The molecule has 3 rings (SSSR count). The summed E-state index contributed by atoms with van der Waals surface area (Å²) in [6, 6.07) is 4.28. The maximum absolute atomic E-state index is 12.5. The smallest absolute Gasteiger partial charge is 0.255 e. The van der Waals surface area contributed by atoms with Gasteiger partial charge in [0.2, 0.25) is 0 Å². The Bertz CT molecular complexity index is 518. The van der Waals surface area contributed by atoms with Crippen LogP contribution in [0.1, 0.15) is 37.0 Å². The lowest BCUT2D eigenvalue weighted by Gasteiger charge is -2.32. The molecule has 0 radical (unpaired) electrons. The number of halogens is 2. The fourth-order valence-corrected chi connectivity index (χ4v) is 3.24. The van der Waals surface area contributed by atoms with E-state index in [1.165, 1.54) is 12.8 Å². The van der Waals surface area contributed by atoms with Crippen LogP contribution in [0.15, 0.2) is 18.3 Å². The van der Waals surface area contributed by atoms with Gasteiger partial charge in [-0.2, -0.15) is 0 Å². The molecule has 1 aromatic heterocycles. The van der Waals surface area contributed by atoms with Gasteiger partial charge in [0.05, 0.1) is 5.56 Å². The van der Waals surface area contributed by atoms with Crippen LogP contribution in [0, 0.1) is 5.92 Å². The quantitative estimate of drug-likeness (QED) is 0.863. The largest absolute Gasteiger partial charge is 0.357 e. The summed E-state index contributed by atoms with van der Waals surface area (Å²) in [5, 5.41) is 3.36. The Labute approximate surface area is 157 Å². The third-order valence-corrected chi connectivity index (χ3v) is 4.76. The summed E-state index contributed by atoms with van der Waals surface area (Å²) in [5.74, 6) is 1.91. The van der Waals surface area contributed by atoms with E-state index in [1.54, 1.807) is 6.20 Å². The highest BCUT2D eigenvalue weighted by atomic mass is 35.5. The monoisotopic (exact) mass is 374 g/mol. The number of amides is 1. The van der Waals surface area contributed by atoms with Gasteiger partial charge < -0.3 is 15.1 Å². The summed E-state index contributed by atoms with van der Waals surface area (Å²) in [4.78, 5) is 21.3. The molecule has 1 atom stereocenters. The highest BCUT2D eigenvalue weighted by Crippen LogP contribution is 2.21. The Balaban J connectivity index is 0.00000144. The molecule has 1 amide bonds. The number of nitrogens with zero attached hydrogens (tertiary/aromatic N) is 3. The first-order valence-electron chi connectivity index (χ1n) is 8.37. The molecule has 2 saturated heterocycles. The van der Waals surface area contributed by atoms with E-state index in [-0.39, 0.29) is 30.7 Å². The summed E-state index contributed by atoms with van der Waals surface area (Å²) in [7, 11) is 0. The lowest BCUT2D eigenvalue weighted by Crippen LogP contribution is -2.51. The molecule has 1 N–H and O–H groups in total. The van der Waals surface area contributed by atoms with Crippen molar-refractivity contribution in [1.29, 1.82) is 0 Å². The van der Waals surface area contributed by atoms with E-state index in [0.717, 1.165) is 44.5 Å². The van der Waals surface area contributed by atoms with E-state index in [2.05, 4.69) is 29.0 Å². The summed E-state index contributed by atoms with van der Waals surface area (Å²) < 4.78 is 0. The van der Waals surface area contributed by atoms with Crippen molar-refractivity contribution in [3.05, 3.63) is 23.9 Å². The van der Waals surface area contributed by atoms with E-state index in [0.29, 0.717) is 11.6 Å². The van der Waals surface area contributed by atoms with Crippen LogP contribution >= 0.6 is 24.8 Å². The maximum Gasteiger partial charge on any atom is 0.255 e. The Hall–Kier alpha value is -1.04. The van der Waals surface area contributed by atoms with Crippen LogP contribution in [0.3, 0.4) is 0 Å². The fourth-order valence-electron chi connectivity index (χ4n) is 3.24. The second-order valence-electron chi connectivity index (χ2n) is 6.68. The molecule has 136 valence electrons. The van der Waals surface area contributed by atoms with Gasteiger partial charge in [0.25, 0.3) is 5.91 Å². The van der Waals surface area contributed by atoms with Crippen LogP contribution in [0.5, 0.6) is 0 Å². The lowest BCUT2D eigenvalue weighted by atomic mass is 9.99. The minimum absolute atomic E-state index is 0. The van der Waals surface area contributed by atoms with Crippen LogP contribution in [-0.2, 0) is 0 Å². The van der Waals surface area contributed by atoms with Crippen LogP contribution < -0.4 is 10.2 Å². The van der Waals surface area contributed by atoms with Gasteiger partial charge in [-0.3, -0.25) is 4.79 Å². The zero-order valence-electron chi connectivity index (χ0n) is 14.4. The molecule has 1 unspecified atom stereocenters. The van der Waals surface area contributed by atoms with Crippen molar-refractivity contribution >= 4 is 36.5 Å². The summed E-state index contributed by atoms with van der Waals surface area (Å²) in [6.07, 6.45) is 4.18. The lowest BCUT2D eigenvalue weighted by molar-refractivity contribution is 0.0708. The molecule has 0 saturated carbocycles. The molecule has 1 aromatic rings. The second-order valence-corrected chi connectivity index (χ2v) is 6.68. The third kappa shape index (κ3) is 4.98. The number of carbonyl (C=O) groups is 1. The molecule has 5 nitrogen and oxygen atoms in total. The highest BCUT2D eigenvalue weighted by molar-refractivity contribution is 5.94. The maximum atomic E-state index is 12.5. The first-order chi connectivity index (χ1) is 10.6. The first kappa shape index (κ1) is 21.0. The fraction of sp³-hybridized carbons (Fsp3) is 0.647. The summed E-state index contributed by atoms with van der Waals surface area (Å²) in [5.41, 5.74) is 0.697. The number of pyridine rings is 1. The van der Waals surface area contributed by atoms with E-state index >= 15 is 0 Å². The SMILES string of the molecule is CC1CCN(c2ccc(C(=O)N3CCNC(C)C3)cn2)CC1.Cl.Cl. The number of carbonyl (C=O) groups excluding carboxylic acids is 1. The summed E-state index contributed by atoms with van der Waals surface area (Å²) in [6.45, 7) is 8.95. The van der Waals surface area contributed by atoms with E-state index in [1.807, 2.05) is 17.0 Å². The molecule has 0 aromatic carbocycles. The zero-order valence-corrected chi connectivity index (χ0v) is 16.0. The van der Waals surface area contributed by atoms with Crippen molar-refractivity contribution in [1.82, 2.24) is 15.2 Å². The Morgan fingerprint density at radius 2 is 1.88 bits per heavy atom. The Morgan fingerprint density at radius 1 is 1.17 bits per heavy atom. The van der Waals surface area contributed by atoms with E-state index in [9.17, 15) is 4.79 Å². The van der Waals surface area contributed by atoms with Gasteiger partial charge in [0.1, 0.15) is 5.82 Å². The predicted octanol–water partition coefficient (Wildman–Crippen LogP) is 2.60. The Kier molecular flexibility index (Phi) is 8.27. The van der Waals surface area contributed by atoms with Crippen molar-refractivity contribution in [3.63, 3.8) is 0 Å². The average molecular weight is 375 g/mol. The van der Waals surface area contributed by atoms with Crippen molar-refractivity contribution in [2.24, 2.45) is 5.92 Å². The van der Waals surface area contributed by atoms with Gasteiger partial charge in [0.15, 0.2) is 0 Å². The van der Waals surface area contributed by atoms with Crippen LogP contribution in [0.2, 0.25) is 0 Å². The number of hydrogen-bond acceptors (Lipinski definition) is 4. The van der Waals surface area contributed by atoms with Gasteiger partial charge >= 0.3 is 0 Å². The standard InChI is InChI=1S/C17H26N4O.2ClH/c1-13-5-8-20(9-6-13)16-4-3-15(11-19-16)17(22)21-10-7-18-14(2)12-21;;/h3-4,11,13-14,18H,5-10,12H2,1-2H3;2*1H. The van der Waals surface area contributed by atoms with Gasteiger partial charge in [0, 0.05) is 45.0 Å². The van der Waals surface area contributed by atoms with Gasteiger partial charge in [-0.25, -0.2) is 4.98 Å². The molecule has 0 spiro atoms. The number of piperidine rings is 1. The van der Waals surface area contributed by atoms with E-state index in [4.69, 9.17) is 0 Å². The topological polar surface area (TPSA) is 48.5 Å². The van der Waals surface area contributed by atoms with Gasteiger partial charge in [-0.15, -0.1) is 24.8 Å². The molecular weight excluding hydrogens is 347 g/mol. The molecular formula is C17H28Cl2N4O. The highest BCUT2D eigenvalue weighted by Gasteiger charge is 2.22. The normalized spacial score (nSPS) is 21.7. The second kappa shape index (κ2) is 9.44. The molecule has 7 heteroatoms. The number of rotatable bonds is 2. The third-order valence-electron chi connectivity index (χ3n) is 4.76.